The molecule has 2 aromatic carbocycles. The highest BCUT2D eigenvalue weighted by atomic mass is 35.5. The van der Waals surface area contributed by atoms with E-state index in [0.717, 1.165) is 6.07 Å². The van der Waals surface area contributed by atoms with Crippen LogP contribution in [0.2, 0.25) is 5.02 Å². The summed E-state index contributed by atoms with van der Waals surface area (Å²) in [5.41, 5.74) is 0.231. The SMILES string of the molecule is C[C@@H]1CSc2c(-c3ccc(F)cc3F)c(Cl)cc3c(N4CCN(C(=O)OC(C)(C)C)C[C@@H]4C)nc(=O)n1c23. The van der Waals surface area contributed by atoms with Crippen LogP contribution in [0.15, 0.2) is 34.0 Å². The third-order valence-corrected chi connectivity index (χ3v) is 8.39. The van der Waals surface area contributed by atoms with Crippen LogP contribution in [0.25, 0.3) is 22.0 Å². The van der Waals surface area contributed by atoms with Crippen LogP contribution in [0.5, 0.6) is 0 Å². The van der Waals surface area contributed by atoms with E-state index in [9.17, 15) is 18.4 Å². The van der Waals surface area contributed by atoms with E-state index in [0.29, 0.717) is 52.6 Å². The summed E-state index contributed by atoms with van der Waals surface area (Å²) in [7, 11) is 0. The van der Waals surface area contributed by atoms with Crippen molar-refractivity contribution in [2.24, 2.45) is 0 Å². The van der Waals surface area contributed by atoms with E-state index in [2.05, 4.69) is 4.98 Å². The number of anilines is 1. The molecule has 1 fully saturated rings. The number of hydrogen-bond acceptors (Lipinski definition) is 6. The fourth-order valence-corrected chi connectivity index (χ4v) is 6.71. The van der Waals surface area contributed by atoms with Crippen molar-refractivity contribution in [3.63, 3.8) is 0 Å². The topological polar surface area (TPSA) is 67.7 Å². The zero-order valence-electron chi connectivity index (χ0n) is 21.8. The summed E-state index contributed by atoms with van der Waals surface area (Å²) in [4.78, 5) is 34.8. The number of carbonyl (C=O) groups is 1. The van der Waals surface area contributed by atoms with Gasteiger partial charge in [-0.3, -0.25) is 4.57 Å². The second-order valence-corrected chi connectivity index (χ2v) is 12.2. The van der Waals surface area contributed by atoms with Crippen molar-refractivity contribution in [1.29, 1.82) is 0 Å². The lowest BCUT2D eigenvalue weighted by molar-refractivity contribution is 0.0218. The quantitative estimate of drug-likeness (QED) is 0.375. The second-order valence-electron chi connectivity index (χ2n) is 10.8. The molecule has 1 saturated heterocycles. The van der Waals surface area contributed by atoms with Crippen LogP contribution in [0.3, 0.4) is 0 Å². The second kappa shape index (κ2) is 9.72. The standard InChI is InChI=1S/C27H29ClF2N4O3S/c1-14-12-32(26(36)37-27(3,4)5)8-9-33(14)24-18-11-19(28)21(17-7-6-16(29)10-20(17)30)23-22(18)34(25(35)31-24)15(2)13-38-23/h6-7,10-11,14-15H,8-9,12-13H2,1-5H3/t14-,15+/m0/s1. The van der Waals surface area contributed by atoms with Crippen LogP contribution in [0.1, 0.15) is 40.7 Å². The number of aromatic nitrogens is 2. The Kier molecular flexibility index (Phi) is 6.84. The van der Waals surface area contributed by atoms with Crippen molar-refractivity contribution in [3.8, 4) is 11.1 Å². The minimum atomic E-state index is -0.725. The zero-order valence-corrected chi connectivity index (χ0v) is 23.4. The zero-order chi connectivity index (χ0) is 27.5. The highest BCUT2D eigenvalue weighted by molar-refractivity contribution is 7.99. The van der Waals surface area contributed by atoms with Gasteiger partial charge >= 0.3 is 11.8 Å². The number of carbonyl (C=O) groups excluding carboxylic acids is 1. The van der Waals surface area contributed by atoms with E-state index in [4.69, 9.17) is 16.3 Å². The number of halogens is 3. The maximum Gasteiger partial charge on any atom is 0.410 e. The fourth-order valence-electron chi connectivity index (χ4n) is 5.08. The predicted molar refractivity (Wildman–Crippen MR) is 146 cm³/mol. The minimum absolute atomic E-state index is 0.141. The van der Waals surface area contributed by atoms with E-state index in [1.165, 1.54) is 23.9 Å². The van der Waals surface area contributed by atoms with E-state index in [1.54, 1.807) is 15.5 Å². The normalized spacial score (nSPS) is 19.7. The molecule has 0 aliphatic carbocycles. The molecule has 7 nitrogen and oxygen atoms in total. The smallest absolute Gasteiger partial charge is 0.410 e. The molecule has 2 aliphatic rings. The van der Waals surface area contributed by atoms with Crippen LogP contribution in [-0.4, -0.2) is 57.6 Å². The Hall–Kier alpha value is -2.85. The molecule has 0 N–H and O–H groups in total. The Balaban J connectivity index is 1.63. The van der Waals surface area contributed by atoms with Gasteiger partial charge in [-0.05, 0) is 52.8 Å². The lowest BCUT2D eigenvalue weighted by atomic mass is 10.0. The van der Waals surface area contributed by atoms with Gasteiger partial charge in [0, 0.05) is 64.9 Å². The number of rotatable bonds is 2. The van der Waals surface area contributed by atoms with Crippen LogP contribution in [0.4, 0.5) is 19.4 Å². The first kappa shape index (κ1) is 26.7. The van der Waals surface area contributed by atoms with Crippen LogP contribution >= 0.6 is 23.4 Å². The van der Waals surface area contributed by atoms with Gasteiger partial charge in [0.1, 0.15) is 23.1 Å². The Morgan fingerprint density at radius 2 is 1.89 bits per heavy atom. The summed E-state index contributed by atoms with van der Waals surface area (Å²) < 4.78 is 35.7. The van der Waals surface area contributed by atoms with Crippen molar-refractivity contribution in [1.82, 2.24) is 14.5 Å². The minimum Gasteiger partial charge on any atom is -0.444 e. The lowest BCUT2D eigenvalue weighted by Crippen LogP contribution is -2.55. The van der Waals surface area contributed by atoms with Crippen molar-refractivity contribution >= 4 is 46.2 Å². The van der Waals surface area contributed by atoms with Gasteiger partial charge in [-0.15, -0.1) is 11.8 Å². The largest absolute Gasteiger partial charge is 0.444 e. The van der Waals surface area contributed by atoms with Gasteiger partial charge in [0.05, 0.1) is 10.5 Å². The van der Waals surface area contributed by atoms with E-state index in [1.807, 2.05) is 39.5 Å². The molecule has 5 rings (SSSR count). The van der Waals surface area contributed by atoms with Crippen molar-refractivity contribution in [2.45, 2.75) is 57.2 Å². The van der Waals surface area contributed by atoms with E-state index < -0.39 is 22.9 Å². The number of amides is 1. The van der Waals surface area contributed by atoms with Crippen LogP contribution in [-0.2, 0) is 4.74 Å². The summed E-state index contributed by atoms with van der Waals surface area (Å²) in [6.45, 7) is 10.6. The number of ether oxygens (including phenoxy) is 1. The Bertz CT molecular complexity index is 1510. The molecular formula is C27H29ClF2N4O3S. The van der Waals surface area contributed by atoms with Crippen molar-refractivity contribution in [2.75, 3.05) is 30.3 Å². The molecule has 2 aliphatic heterocycles. The number of hydrogen-bond donors (Lipinski definition) is 0. The number of piperazine rings is 1. The molecule has 2 atom stereocenters. The summed E-state index contributed by atoms with van der Waals surface area (Å²) in [5.74, 6) is -0.358. The van der Waals surface area contributed by atoms with E-state index in [-0.39, 0.29) is 28.8 Å². The van der Waals surface area contributed by atoms with Crippen molar-refractivity contribution < 1.29 is 18.3 Å². The molecule has 3 aromatic rings. The summed E-state index contributed by atoms with van der Waals surface area (Å²) in [5, 5.41) is 0.959. The summed E-state index contributed by atoms with van der Waals surface area (Å²) in [6.07, 6.45) is -0.381. The Labute approximate surface area is 228 Å². The van der Waals surface area contributed by atoms with Gasteiger partial charge in [-0.25, -0.2) is 18.4 Å². The first-order valence-electron chi connectivity index (χ1n) is 12.5. The molecule has 0 saturated carbocycles. The van der Waals surface area contributed by atoms with Gasteiger partial charge in [0.25, 0.3) is 0 Å². The number of benzene rings is 2. The molecule has 38 heavy (non-hydrogen) atoms. The van der Waals surface area contributed by atoms with Gasteiger partial charge in [-0.2, -0.15) is 4.98 Å². The molecule has 11 heteroatoms. The monoisotopic (exact) mass is 562 g/mol. The average molecular weight is 563 g/mol. The predicted octanol–water partition coefficient (Wildman–Crippen LogP) is 6.11. The molecule has 1 amide bonds. The molecule has 0 spiro atoms. The van der Waals surface area contributed by atoms with Gasteiger partial charge in [0.15, 0.2) is 0 Å². The highest BCUT2D eigenvalue weighted by Crippen LogP contribution is 2.48. The maximum atomic E-state index is 14.9. The van der Waals surface area contributed by atoms with Crippen LogP contribution in [0, 0.1) is 11.6 Å². The van der Waals surface area contributed by atoms with Crippen molar-refractivity contribution in [3.05, 3.63) is 51.4 Å². The molecular weight excluding hydrogens is 534 g/mol. The van der Waals surface area contributed by atoms with Gasteiger partial charge in [0.2, 0.25) is 0 Å². The van der Waals surface area contributed by atoms with Crippen LogP contribution < -0.4 is 10.6 Å². The third kappa shape index (κ3) is 4.73. The first-order chi connectivity index (χ1) is 17.9. The Morgan fingerprint density at radius 1 is 1.16 bits per heavy atom. The first-order valence-corrected chi connectivity index (χ1v) is 13.8. The highest BCUT2D eigenvalue weighted by Gasteiger charge is 2.34. The fraction of sp³-hybridized carbons (Fsp3) is 0.444. The Morgan fingerprint density at radius 3 is 2.55 bits per heavy atom. The third-order valence-electron chi connectivity index (χ3n) is 6.76. The lowest BCUT2D eigenvalue weighted by Gasteiger charge is -2.41. The number of thioether (sulfide) groups is 1. The average Bonchev–Trinajstić information content (AvgIpc) is 2.81. The summed E-state index contributed by atoms with van der Waals surface area (Å²) in [6, 6.07) is 4.80. The number of nitrogens with zero attached hydrogens (tertiary/aromatic N) is 4. The molecule has 0 bridgehead atoms. The van der Waals surface area contributed by atoms with E-state index >= 15 is 0 Å². The summed E-state index contributed by atoms with van der Waals surface area (Å²) >= 11 is 8.27. The molecule has 1 aromatic heterocycles. The molecule has 202 valence electrons. The molecule has 0 radical (unpaired) electrons. The van der Waals surface area contributed by atoms with Gasteiger partial charge in [-0.1, -0.05) is 11.6 Å². The maximum absolute atomic E-state index is 14.9. The molecule has 0 unspecified atom stereocenters. The van der Waals surface area contributed by atoms with Gasteiger partial charge < -0.3 is 14.5 Å². The molecule has 3 heterocycles.